The molecular formula is C16H13N3O4. The molecule has 1 aliphatic rings. The molecule has 1 aliphatic heterocycles. The van der Waals surface area contributed by atoms with E-state index in [0.717, 1.165) is 5.56 Å². The van der Waals surface area contributed by atoms with Crippen molar-refractivity contribution in [1.82, 2.24) is 5.01 Å². The summed E-state index contributed by atoms with van der Waals surface area (Å²) in [6.45, 7) is 1.37. The van der Waals surface area contributed by atoms with Crippen LogP contribution in [0.15, 0.2) is 59.7 Å². The SMILES string of the molecule is CC(=O)N1N=C(c2ccccc2)OC1c1cccc([N+](=O)[O-])c1. The molecule has 3 rings (SSSR count). The summed E-state index contributed by atoms with van der Waals surface area (Å²) in [4.78, 5) is 22.3. The van der Waals surface area contributed by atoms with Crippen LogP contribution in [0.1, 0.15) is 24.3 Å². The van der Waals surface area contributed by atoms with Crippen LogP contribution in [-0.2, 0) is 9.53 Å². The van der Waals surface area contributed by atoms with Gasteiger partial charge in [0.2, 0.25) is 18.0 Å². The minimum Gasteiger partial charge on any atom is -0.446 e. The maximum Gasteiger partial charge on any atom is 0.269 e. The van der Waals surface area contributed by atoms with Crippen molar-refractivity contribution in [1.29, 1.82) is 0 Å². The quantitative estimate of drug-likeness (QED) is 0.644. The summed E-state index contributed by atoms with van der Waals surface area (Å²) in [5, 5.41) is 16.3. The summed E-state index contributed by atoms with van der Waals surface area (Å²) in [6, 6.07) is 15.1. The van der Waals surface area contributed by atoms with Crippen molar-refractivity contribution < 1.29 is 14.5 Å². The third-order valence-corrected chi connectivity index (χ3v) is 3.35. The van der Waals surface area contributed by atoms with E-state index in [-0.39, 0.29) is 11.6 Å². The highest BCUT2D eigenvalue weighted by Gasteiger charge is 2.33. The third kappa shape index (κ3) is 2.89. The topological polar surface area (TPSA) is 85.0 Å². The Balaban J connectivity index is 1.96. The van der Waals surface area contributed by atoms with Gasteiger partial charge in [-0.05, 0) is 12.1 Å². The number of benzene rings is 2. The highest BCUT2D eigenvalue weighted by molar-refractivity contribution is 5.96. The average molecular weight is 311 g/mol. The molecular weight excluding hydrogens is 298 g/mol. The van der Waals surface area contributed by atoms with Gasteiger partial charge in [0.1, 0.15) is 0 Å². The minimum absolute atomic E-state index is 0.0669. The fourth-order valence-corrected chi connectivity index (χ4v) is 2.27. The van der Waals surface area contributed by atoms with Gasteiger partial charge < -0.3 is 4.74 Å². The van der Waals surface area contributed by atoms with E-state index in [1.165, 1.54) is 24.1 Å². The normalized spacial score (nSPS) is 16.7. The number of amides is 1. The van der Waals surface area contributed by atoms with Gasteiger partial charge in [0, 0.05) is 30.2 Å². The number of non-ortho nitro benzene ring substituents is 1. The monoisotopic (exact) mass is 311 g/mol. The van der Waals surface area contributed by atoms with Crippen molar-refractivity contribution in [3.05, 3.63) is 75.8 Å². The van der Waals surface area contributed by atoms with Crippen LogP contribution in [0.4, 0.5) is 5.69 Å². The molecule has 1 atom stereocenters. The summed E-state index contributed by atoms with van der Waals surface area (Å²) in [5.41, 5.74) is 1.15. The number of rotatable bonds is 3. The summed E-state index contributed by atoms with van der Waals surface area (Å²) < 4.78 is 5.77. The minimum atomic E-state index is -0.817. The largest absolute Gasteiger partial charge is 0.446 e. The third-order valence-electron chi connectivity index (χ3n) is 3.35. The zero-order valence-corrected chi connectivity index (χ0v) is 12.2. The Morgan fingerprint density at radius 1 is 1.22 bits per heavy atom. The lowest BCUT2D eigenvalue weighted by Gasteiger charge is -2.19. The summed E-state index contributed by atoms with van der Waals surface area (Å²) >= 11 is 0. The molecule has 1 unspecified atom stereocenters. The standard InChI is InChI=1S/C16H13N3O4/c1-11(20)18-16(13-8-5-9-14(10-13)19(21)22)23-15(17-18)12-6-3-2-4-7-12/h2-10,16H,1H3. The fourth-order valence-electron chi connectivity index (χ4n) is 2.27. The molecule has 0 aromatic heterocycles. The molecule has 7 nitrogen and oxygen atoms in total. The number of nitrogens with zero attached hydrogens (tertiary/aromatic N) is 3. The number of nitro groups is 1. The van der Waals surface area contributed by atoms with Crippen LogP contribution in [0.2, 0.25) is 0 Å². The predicted molar refractivity (Wildman–Crippen MR) is 82.4 cm³/mol. The molecule has 0 bridgehead atoms. The van der Waals surface area contributed by atoms with E-state index in [9.17, 15) is 14.9 Å². The molecule has 0 saturated carbocycles. The van der Waals surface area contributed by atoms with Gasteiger partial charge in [-0.15, -0.1) is 5.10 Å². The van der Waals surface area contributed by atoms with Crippen LogP contribution < -0.4 is 0 Å². The molecule has 0 aliphatic carbocycles. The average Bonchev–Trinajstić information content (AvgIpc) is 3.01. The maximum atomic E-state index is 11.8. The van der Waals surface area contributed by atoms with Crippen LogP contribution in [0.5, 0.6) is 0 Å². The van der Waals surface area contributed by atoms with Crippen LogP contribution in [0.3, 0.4) is 0 Å². The van der Waals surface area contributed by atoms with Gasteiger partial charge in [0.05, 0.1) is 4.92 Å². The molecule has 0 saturated heterocycles. The lowest BCUT2D eigenvalue weighted by Crippen LogP contribution is -2.25. The van der Waals surface area contributed by atoms with Crippen molar-refractivity contribution in [2.45, 2.75) is 13.2 Å². The molecule has 2 aromatic rings. The Labute approximate surface area is 131 Å². The van der Waals surface area contributed by atoms with Gasteiger partial charge in [-0.3, -0.25) is 14.9 Å². The molecule has 0 spiro atoms. The molecule has 0 fully saturated rings. The highest BCUT2D eigenvalue weighted by atomic mass is 16.6. The number of nitro benzene ring substituents is 1. The van der Waals surface area contributed by atoms with Crippen molar-refractivity contribution in [2.75, 3.05) is 0 Å². The van der Waals surface area contributed by atoms with Gasteiger partial charge in [0.15, 0.2) is 0 Å². The van der Waals surface area contributed by atoms with E-state index in [0.29, 0.717) is 11.5 Å². The van der Waals surface area contributed by atoms with Gasteiger partial charge in [0.25, 0.3) is 5.69 Å². The number of ether oxygens (including phenoxy) is 1. The second-order valence-electron chi connectivity index (χ2n) is 4.96. The Bertz CT molecular complexity index is 789. The van der Waals surface area contributed by atoms with Crippen LogP contribution in [0.25, 0.3) is 0 Å². The van der Waals surface area contributed by atoms with Crippen LogP contribution in [-0.4, -0.2) is 21.7 Å². The first-order valence-corrected chi connectivity index (χ1v) is 6.91. The zero-order valence-electron chi connectivity index (χ0n) is 12.2. The first-order valence-electron chi connectivity index (χ1n) is 6.91. The Morgan fingerprint density at radius 3 is 2.61 bits per heavy atom. The maximum absolute atomic E-state index is 11.8. The van der Waals surface area contributed by atoms with E-state index in [4.69, 9.17) is 4.74 Å². The highest BCUT2D eigenvalue weighted by Crippen LogP contribution is 2.31. The predicted octanol–water partition coefficient (Wildman–Crippen LogP) is 2.83. The van der Waals surface area contributed by atoms with E-state index in [2.05, 4.69) is 5.10 Å². The summed E-state index contributed by atoms with van der Waals surface area (Å²) in [5.74, 6) is -0.00950. The number of hydrazone groups is 1. The van der Waals surface area contributed by atoms with Crippen LogP contribution >= 0.6 is 0 Å². The van der Waals surface area contributed by atoms with Crippen molar-refractivity contribution in [3.63, 3.8) is 0 Å². The summed E-state index contributed by atoms with van der Waals surface area (Å²) in [6.07, 6.45) is -0.817. The first kappa shape index (κ1) is 14.7. The van der Waals surface area contributed by atoms with Gasteiger partial charge in [-0.1, -0.05) is 30.3 Å². The second-order valence-corrected chi connectivity index (χ2v) is 4.96. The molecule has 116 valence electrons. The molecule has 1 amide bonds. The molecule has 2 aromatic carbocycles. The van der Waals surface area contributed by atoms with E-state index < -0.39 is 11.2 Å². The lowest BCUT2D eigenvalue weighted by atomic mass is 10.1. The van der Waals surface area contributed by atoms with Gasteiger partial charge >= 0.3 is 0 Å². The van der Waals surface area contributed by atoms with Crippen molar-refractivity contribution in [2.24, 2.45) is 5.10 Å². The van der Waals surface area contributed by atoms with Crippen LogP contribution in [0, 0.1) is 10.1 Å². The molecule has 0 N–H and O–H groups in total. The number of carbonyl (C=O) groups excluding carboxylic acids is 1. The Kier molecular flexibility index (Phi) is 3.76. The Hall–Kier alpha value is -3.22. The number of hydrogen-bond donors (Lipinski definition) is 0. The first-order chi connectivity index (χ1) is 11.1. The lowest BCUT2D eigenvalue weighted by molar-refractivity contribution is -0.385. The molecule has 1 heterocycles. The fraction of sp³-hybridized carbons (Fsp3) is 0.125. The second kappa shape index (κ2) is 5.88. The zero-order chi connectivity index (χ0) is 16.4. The van der Waals surface area contributed by atoms with Crippen molar-refractivity contribution in [3.8, 4) is 0 Å². The molecule has 23 heavy (non-hydrogen) atoms. The molecule has 0 radical (unpaired) electrons. The smallest absolute Gasteiger partial charge is 0.269 e. The van der Waals surface area contributed by atoms with Gasteiger partial charge in [-0.2, -0.15) is 5.01 Å². The van der Waals surface area contributed by atoms with Gasteiger partial charge in [-0.25, -0.2) is 0 Å². The number of hydrogen-bond acceptors (Lipinski definition) is 5. The van der Waals surface area contributed by atoms with E-state index in [1.54, 1.807) is 12.1 Å². The Morgan fingerprint density at radius 2 is 1.96 bits per heavy atom. The number of carbonyl (C=O) groups is 1. The van der Waals surface area contributed by atoms with Crippen molar-refractivity contribution >= 4 is 17.5 Å². The summed E-state index contributed by atoms with van der Waals surface area (Å²) in [7, 11) is 0. The van der Waals surface area contributed by atoms with E-state index in [1.807, 2.05) is 30.3 Å². The molecule has 7 heteroatoms. The van der Waals surface area contributed by atoms with E-state index >= 15 is 0 Å².